The minimum absolute atomic E-state index is 0.158. The first-order chi connectivity index (χ1) is 8.65. The van der Waals surface area contributed by atoms with E-state index in [0.717, 1.165) is 19.3 Å². The maximum atomic E-state index is 10.8. The number of pyridine rings is 1. The summed E-state index contributed by atoms with van der Waals surface area (Å²) in [7, 11) is 0. The van der Waals surface area contributed by atoms with E-state index in [1.54, 1.807) is 18.5 Å². The average molecular weight is 245 g/mol. The Labute approximate surface area is 105 Å². The third-order valence-corrected chi connectivity index (χ3v) is 3.54. The van der Waals surface area contributed by atoms with E-state index in [2.05, 4.69) is 16.4 Å². The Kier molecular flexibility index (Phi) is 3.47. The monoisotopic (exact) mass is 245 g/mol. The Balaban J connectivity index is 2.02. The lowest BCUT2D eigenvalue weighted by Crippen LogP contribution is -2.38. The Morgan fingerprint density at radius 3 is 2.94 bits per heavy atom. The van der Waals surface area contributed by atoms with E-state index in [0.29, 0.717) is 17.8 Å². The van der Waals surface area contributed by atoms with Crippen LogP contribution in [0.15, 0.2) is 18.5 Å². The summed E-state index contributed by atoms with van der Waals surface area (Å²) in [5, 5.41) is 21.0. The van der Waals surface area contributed by atoms with Crippen LogP contribution in [0.4, 0.5) is 5.69 Å². The van der Waals surface area contributed by atoms with Gasteiger partial charge in [0, 0.05) is 12.7 Å². The van der Waals surface area contributed by atoms with Gasteiger partial charge in [0.25, 0.3) is 0 Å². The van der Waals surface area contributed by atoms with Gasteiger partial charge in [0.1, 0.15) is 6.07 Å². The molecule has 0 radical (unpaired) electrons. The van der Waals surface area contributed by atoms with Crippen LogP contribution in [0.25, 0.3) is 0 Å². The van der Waals surface area contributed by atoms with Gasteiger partial charge in [-0.2, -0.15) is 5.26 Å². The van der Waals surface area contributed by atoms with E-state index in [4.69, 9.17) is 10.4 Å². The molecule has 1 fully saturated rings. The van der Waals surface area contributed by atoms with Gasteiger partial charge in [-0.1, -0.05) is 6.42 Å². The van der Waals surface area contributed by atoms with E-state index in [1.165, 1.54) is 0 Å². The highest BCUT2D eigenvalue weighted by Gasteiger charge is 2.38. The molecule has 94 valence electrons. The molecule has 18 heavy (non-hydrogen) atoms. The Bertz CT molecular complexity index is 489. The number of hydrogen-bond donors (Lipinski definition) is 2. The minimum Gasteiger partial charge on any atom is -0.481 e. The fraction of sp³-hybridized carbons (Fsp3) is 0.462. The molecule has 0 spiro atoms. The van der Waals surface area contributed by atoms with Gasteiger partial charge in [0.2, 0.25) is 0 Å². The molecular weight excluding hydrogens is 230 g/mol. The summed E-state index contributed by atoms with van der Waals surface area (Å²) in [6.45, 7) is 0.583. The molecule has 1 aromatic rings. The van der Waals surface area contributed by atoms with Gasteiger partial charge >= 0.3 is 5.97 Å². The van der Waals surface area contributed by atoms with E-state index >= 15 is 0 Å². The molecule has 0 bridgehead atoms. The quantitative estimate of drug-likeness (QED) is 0.828. The second-order valence-corrected chi connectivity index (χ2v) is 4.81. The van der Waals surface area contributed by atoms with Crippen LogP contribution in [-0.4, -0.2) is 22.6 Å². The van der Waals surface area contributed by atoms with Gasteiger partial charge in [-0.15, -0.1) is 0 Å². The van der Waals surface area contributed by atoms with Crippen molar-refractivity contribution in [2.45, 2.75) is 25.7 Å². The Morgan fingerprint density at radius 1 is 1.61 bits per heavy atom. The van der Waals surface area contributed by atoms with Crippen LogP contribution in [0.3, 0.4) is 0 Å². The van der Waals surface area contributed by atoms with Crippen LogP contribution in [-0.2, 0) is 4.79 Å². The number of nitrogens with one attached hydrogen (secondary N) is 1. The van der Waals surface area contributed by atoms with E-state index < -0.39 is 5.97 Å². The molecule has 5 nitrogen and oxygen atoms in total. The standard InChI is InChI=1S/C13H15N3O2/c14-7-10-2-5-15-8-11(10)16-9-13(3-1-4-13)6-12(17)18/h2,5,8,16H,1,3-4,6,9H2,(H,17,18). The van der Waals surface area contributed by atoms with Crippen molar-refractivity contribution < 1.29 is 9.90 Å². The lowest BCUT2D eigenvalue weighted by molar-refractivity contribution is -0.141. The summed E-state index contributed by atoms with van der Waals surface area (Å²) >= 11 is 0. The van der Waals surface area contributed by atoms with Crippen LogP contribution in [0, 0.1) is 16.7 Å². The van der Waals surface area contributed by atoms with Crippen LogP contribution in [0.2, 0.25) is 0 Å². The van der Waals surface area contributed by atoms with Crippen molar-refractivity contribution in [2.24, 2.45) is 5.41 Å². The molecule has 2 N–H and O–H groups in total. The van der Waals surface area contributed by atoms with E-state index in [9.17, 15) is 4.79 Å². The molecule has 2 rings (SSSR count). The van der Waals surface area contributed by atoms with Gasteiger partial charge < -0.3 is 10.4 Å². The van der Waals surface area contributed by atoms with Gasteiger partial charge in [-0.25, -0.2) is 0 Å². The molecule has 1 aromatic heterocycles. The van der Waals surface area contributed by atoms with E-state index in [-0.39, 0.29) is 11.8 Å². The van der Waals surface area contributed by atoms with Crippen molar-refractivity contribution >= 4 is 11.7 Å². The van der Waals surface area contributed by atoms with Gasteiger partial charge in [-0.05, 0) is 24.3 Å². The Hall–Kier alpha value is -2.09. The van der Waals surface area contributed by atoms with Crippen molar-refractivity contribution in [1.82, 2.24) is 4.98 Å². The zero-order chi connectivity index (χ0) is 13.0. The molecule has 0 amide bonds. The van der Waals surface area contributed by atoms with Crippen molar-refractivity contribution in [2.75, 3.05) is 11.9 Å². The zero-order valence-electron chi connectivity index (χ0n) is 10.0. The fourth-order valence-electron chi connectivity index (χ4n) is 2.33. The summed E-state index contributed by atoms with van der Waals surface area (Å²) < 4.78 is 0. The van der Waals surface area contributed by atoms with E-state index in [1.807, 2.05) is 0 Å². The molecule has 0 unspecified atom stereocenters. The molecule has 0 saturated heterocycles. The third kappa shape index (κ3) is 2.59. The number of nitriles is 1. The maximum Gasteiger partial charge on any atom is 0.303 e. The first-order valence-corrected chi connectivity index (χ1v) is 5.95. The summed E-state index contributed by atoms with van der Waals surface area (Å²) in [6.07, 6.45) is 6.28. The highest BCUT2D eigenvalue weighted by molar-refractivity contribution is 5.68. The molecule has 0 aromatic carbocycles. The second kappa shape index (κ2) is 5.05. The smallest absolute Gasteiger partial charge is 0.303 e. The summed E-state index contributed by atoms with van der Waals surface area (Å²) in [5.41, 5.74) is 1.06. The summed E-state index contributed by atoms with van der Waals surface area (Å²) in [6, 6.07) is 3.74. The number of nitrogens with zero attached hydrogens (tertiary/aromatic N) is 2. The van der Waals surface area contributed by atoms with Crippen LogP contribution in [0.5, 0.6) is 0 Å². The number of aromatic nitrogens is 1. The predicted molar refractivity (Wildman–Crippen MR) is 66.0 cm³/mol. The van der Waals surface area contributed by atoms with Gasteiger partial charge in [0.15, 0.2) is 0 Å². The fourth-order valence-corrected chi connectivity index (χ4v) is 2.33. The van der Waals surface area contributed by atoms with Crippen LogP contribution >= 0.6 is 0 Å². The SMILES string of the molecule is N#Cc1ccncc1NCC1(CC(=O)O)CCC1. The van der Waals surface area contributed by atoms with Crippen molar-refractivity contribution in [3.05, 3.63) is 24.0 Å². The highest BCUT2D eigenvalue weighted by Crippen LogP contribution is 2.44. The lowest BCUT2D eigenvalue weighted by atomic mass is 9.66. The molecule has 0 aliphatic heterocycles. The minimum atomic E-state index is -0.761. The number of aliphatic carboxylic acids is 1. The Morgan fingerprint density at radius 2 is 2.39 bits per heavy atom. The molecule has 0 atom stereocenters. The number of hydrogen-bond acceptors (Lipinski definition) is 4. The molecule has 1 heterocycles. The van der Waals surface area contributed by atoms with Crippen molar-refractivity contribution in [3.63, 3.8) is 0 Å². The molecule has 5 heteroatoms. The number of rotatable bonds is 5. The third-order valence-electron chi connectivity index (χ3n) is 3.54. The van der Waals surface area contributed by atoms with Gasteiger partial charge in [-0.3, -0.25) is 9.78 Å². The zero-order valence-corrected chi connectivity index (χ0v) is 10.0. The topological polar surface area (TPSA) is 86.0 Å². The summed E-state index contributed by atoms with van der Waals surface area (Å²) in [5.74, 6) is -0.761. The largest absolute Gasteiger partial charge is 0.481 e. The van der Waals surface area contributed by atoms with Crippen LogP contribution < -0.4 is 5.32 Å². The molecule has 1 aliphatic carbocycles. The lowest BCUT2D eigenvalue weighted by Gasteiger charge is -2.41. The van der Waals surface area contributed by atoms with Gasteiger partial charge in [0.05, 0.1) is 23.9 Å². The predicted octanol–water partition coefficient (Wildman–Crippen LogP) is 2.01. The van der Waals surface area contributed by atoms with Crippen molar-refractivity contribution in [1.29, 1.82) is 5.26 Å². The summed E-state index contributed by atoms with van der Waals surface area (Å²) in [4.78, 5) is 14.8. The molecular formula is C13H15N3O2. The number of carbonyl (C=O) groups is 1. The highest BCUT2D eigenvalue weighted by atomic mass is 16.4. The normalized spacial score (nSPS) is 16.4. The second-order valence-electron chi connectivity index (χ2n) is 4.81. The first kappa shape index (κ1) is 12.4. The maximum absolute atomic E-state index is 10.8. The van der Waals surface area contributed by atoms with Crippen LogP contribution in [0.1, 0.15) is 31.2 Å². The number of anilines is 1. The van der Waals surface area contributed by atoms with Crippen molar-refractivity contribution in [3.8, 4) is 6.07 Å². The first-order valence-electron chi connectivity index (χ1n) is 5.95. The average Bonchev–Trinajstić information content (AvgIpc) is 2.32. The number of carboxylic acids is 1. The number of carboxylic acid groups (broad SMARTS) is 1. The molecule has 1 saturated carbocycles. The molecule has 1 aliphatic rings.